The van der Waals surface area contributed by atoms with Crippen LogP contribution in [-0.2, 0) is 10.0 Å². The fraction of sp³-hybridized carbons (Fsp3) is 0.400. The number of benzene rings is 1. The van der Waals surface area contributed by atoms with Crippen molar-refractivity contribution < 1.29 is 13.2 Å². The van der Waals surface area contributed by atoms with Crippen molar-refractivity contribution in [1.29, 1.82) is 0 Å². The van der Waals surface area contributed by atoms with Crippen molar-refractivity contribution in [2.24, 2.45) is 0 Å². The third kappa shape index (κ3) is 6.44. The van der Waals surface area contributed by atoms with E-state index in [1.807, 2.05) is 32.0 Å². The molecule has 0 aromatic heterocycles. The molecule has 116 valence electrons. The molecule has 0 bridgehead atoms. The second-order valence-electron chi connectivity index (χ2n) is 4.65. The van der Waals surface area contributed by atoms with Gasteiger partial charge in [-0.3, -0.25) is 0 Å². The highest BCUT2D eigenvalue weighted by atomic mass is 32.2. The average Bonchev–Trinajstić information content (AvgIpc) is 2.46. The molecule has 1 N–H and O–H groups in total. The third-order valence-corrected chi connectivity index (χ3v) is 3.70. The van der Waals surface area contributed by atoms with Crippen LogP contribution < -0.4 is 4.72 Å². The van der Waals surface area contributed by atoms with Crippen LogP contribution in [0.15, 0.2) is 35.7 Å². The van der Waals surface area contributed by atoms with Crippen LogP contribution in [0.3, 0.4) is 0 Å². The highest BCUT2D eigenvalue weighted by molar-refractivity contribution is 7.93. The van der Waals surface area contributed by atoms with Crippen LogP contribution in [0.25, 0.3) is 6.08 Å². The first kappa shape index (κ1) is 17.2. The van der Waals surface area contributed by atoms with Gasteiger partial charge < -0.3 is 4.90 Å². The number of nitrogens with zero attached hydrogens (tertiary/aromatic N) is 1. The topological polar surface area (TPSA) is 66.5 Å². The Morgan fingerprint density at radius 1 is 1.14 bits per heavy atom. The molecule has 0 aliphatic carbocycles. The number of hydrogen-bond donors (Lipinski definition) is 1. The van der Waals surface area contributed by atoms with Gasteiger partial charge in [0.05, 0.1) is 5.41 Å². The first-order valence-electron chi connectivity index (χ1n) is 7.03. The van der Waals surface area contributed by atoms with Crippen molar-refractivity contribution >= 4 is 22.1 Å². The van der Waals surface area contributed by atoms with E-state index in [1.165, 1.54) is 11.0 Å². The summed E-state index contributed by atoms with van der Waals surface area (Å²) in [6.45, 7) is 4.97. The molecule has 0 saturated carbocycles. The average molecular weight is 310 g/mol. The van der Waals surface area contributed by atoms with Gasteiger partial charge in [0, 0.05) is 13.1 Å². The monoisotopic (exact) mass is 310 g/mol. The maximum atomic E-state index is 12.0. The van der Waals surface area contributed by atoms with Gasteiger partial charge in [-0.2, -0.15) is 0 Å². The summed E-state index contributed by atoms with van der Waals surface area (Å²) in [6, 6.07) is 8.48. The van der Waals surface area contributed by atoms with E-state index in [1.54, 1.807) is 12.1 Å². The third-order valence-electron chi connectivity index (χ3n) is 2.74. The maximum absolute atomic E-state index is 12.0. The molecular weight excluding hydrogens is 288 g/mol. The number of urea groups is 1. The summed E-state index contributed by atoms with van der Waals surface area (Å²) in [5, 5.41) is 1.01. The molecule has 0 aliphatic rings. The highest BCUT2D eigenvalue weighted by Gasteiger charge is 2.16. The first-order chi connectivity index (χ1) is 9.98. The summed E-state index contributed by atoms with van der Waals surface area (Å²) >= 11 is 0. The van der Waals surface area contributed by atoms with Crippen LogP contribution in [0.5, 0.6) is 0 Å². The van der Waals surface area contributed by atoms with E-state index >= 15 is 0 Å². The molecule has 0 saturated heterocycles. The second kappa shape index (κ2) is 8.46. The van der Waals surface area contributed by atoms with E-state index in [-0.39, 0.29) is 0 Å². The van der Waals surface area contributed by atoms with Crippen LogP contribution >= 0.6 is 0 Å². The summed E-state index contributed by atoms with van der Waals surface area (Å²) in [5.41, 5.74) is 0.759. The molecule has 5 nitrogen and oxygen atoms in total. The molecule has 0 unspecified atom stereocenters. The van der Waals surface area contributed by atoms with Crippen molar-refractivity contribution in [2.45, 2.75) is 26.7 Å². The van der Waals surface area contributed by atoms with Crippen LogP contribution in [0.4, 0.5) is 4.79 Å². The number of sulfonamides is 1. The molecule has 0 spiro atoms. The molecule has 0 atom stereocenters. The number of rotatable bonds is 7. The van der Waals surface area contributed by atoms with Crippen LogP contribution in [-0.4, -0.2) is 32.4 Å². The normalized spacial score (nSPS) is 11.5. The van der Waals surface area contributed by atoms with Crippen molar-refractivity contribution in [2.75, 3.05) is 13.1 Å². The van der Waals surface area contributed by atoms with Gasteiger partial charge in [-0.05, 0) is 24.5 Å². The van der Waals surface area contributed by atoms with Crippen molar-refractivity contribution in [3.63, 3.8) is 0 Å². The minimum Gasteiger partial charge on any atom is -0.324 e. The van der Waals surface area contributed by atoms with Gasteiger partial charge in [0.25, 0.3) is 10.0 Å². The fourth-order valence-electron chi connectivity index (χ4n) is 1.81. The predicted octanol–water partition coefficient (Wildman–Crippen LogP) is 2.82. The van der Waals surface area contributed by atoms with E-state index < -0.39 is 16.1 Å². The Kier molecular flexibility index (Phi) is 6.94. The lowest BCUT2D eigenvalue weighted by Gasteiger charge is -2.21. The molecule has 1 aromatic carbocycles. The summed E-state index contributed by atoms with van der Waals surface area (Å²) in [6.07, 6.45) is 3.03. The minimum absolute atomic E-state index is 0.539. The van der Waals surface area contributed by atoms with Crippen LogP contribution in [0.2, 0.25) is 0 Å². The Hall–Kier alpha value is -1.82. The second-order valence-corrected chi connectivity index (χ2v) is 6.22. The van der Waals surface area contributed by atoms with E-state index in [9.17, 15) is 13.2 Å². The molecule has 2 amide bonds. The lowest BCUT2D eigenvalue weighted by molar-refractivity contribution is 0.204. The van der Waals surface area contributed by atoms with Crippen molar-refractivity contribution in [3.05, 3.63) is 41.3 Å². The lowest BCUT2D eigenvalue weighted by atomic mass is 10.2. The zero-order valence-electron chi connectivity index (χ0n) is 12.5. The van der Waals surface area contributed by atoms with Gasteiger partial charge in [0.2, 0.25) is 0 Å². The Labute approximate surface area is 126 Å². The van der Waals surface area contributed by atoms with Crippen LogP contribution in [0, 0.1) is 0 Å². The van der Waals surface area contributed by atoms with Crippen molar-refractivity contribution in [3.8, 4) is 0 Å². The Balaban J connectivity index is 2.70. The SMILES string of the molecule is CCCN(CCC)C(=O)NS(=O)(=O)C=Cc1ccccc1. The van der Waals surface area contributed by atoms with Gasteiger partial charge in [-0.1, -0.05) is 44.2 Å². The number of nitrogens with one attached hydrogen (secondary N) is 1. The molecule has 6 heteroatoms. The number of carbonyl (C=O) groups is 1. The fourth-order valence-corrected chi connectivity index (χ4v) is 2.58. The first-order valence-corrected chi connectivity index (χ1v) is 8.58. The standard InChI is InChI=1S/C15H22N2O3S/c1-3-11-17(12-4-2)15(18)16-21(19,20)13-10-14-8-6-5-7-9-14/h5-10,13H,3-4,11-12H2,1-2H3,(H,16,18). The van der Waals surface area contributed by atoms with E-state index in [0.29, 0.717) is 13.1 Å². The minimum atomic E-state index is -3.78. The van der Waals surface area contributed by atoms with Gasteiger partial charge >= 0.3 is 6.03 Å². The molecule has 0 fully saturated rings. The lowest BCUT2D eigenvalue weighted by Crippen LogP contribution is -2.42. The molecule has 0 heterocycles. The molecule has 1 aromatic rings. The van der Waals surface area contributed by atoms with Crippen molar-refractivity contribution in [1.82, 2.24) is 9.62 Å². The highest BCUT2D eigenvalue weighted by Crippen LogP contribution is 2.03. The van der Waals surface area contributed by atoms with Gasteiger partial charge in [-0.25, -0.2) is 17.9 Å². The Morgan fingerprint density at radius 2 is 1.71 bits per heavy atom. The quantitative estimate of drug-likeness (QED) is 0.842. The predicted molar refractivity (Wildman–Crippen MR) is 85.1 cm³/mol. The van der Waals surface area contributed by atoms with E-state index in [4.69, 9.17) is 0 Å². The number of hydrogen-bond acceptors (Lipinski definition) is 3. The smallest absolute Gasteiger partial charge is 0.324 e. The largest absolute Gasteiger partial charge is 0.331 e. The summed E-state index contributed by atoms with van der Waals surface area (Å²) in [5.74, 6) is 0. The van der Waals surface area contributed by atoms with E-state index in [2.05, 4.69) is 4.72 Å². The summed E-state index contributed by atoms with van der Waals surface area (Å²) in [4.78, 5) is 13.5. The molecule has 0 radical (unpaired) electrons. The molecule has 1 rings (SSSR count). The summed E-state index contributed by atoms with van der Waals surface area (Å²) in [7, 11) is -3.78. The van der Waals surface area contributed by atoms with Gasteiger partial charge in [-0.15, -0.1) is 0 Å². The van der Waals surface area contributed by atoms with E-state index in [0.717, 1.165) is 23.8 Å². The summed E-state index contributed by atoms with van der Waals surface area (Å²) < 4.78 is 25.8. The molecule has 0 aliphatic heterocycles. The van der Waals surface area contributed by atoms with Gasteiger partial charge in [0.1, 0.15) is 0 Å². The van der Waals surface area contributed by atoms with Crippen LogP contribution in [0.1, 0.15) is 32.3 Å². The number of amides is 2. The zero-order chi connectivity index (χ0) is 15.7. The molecular formula is C15H22N2O3S. The number of carbonyl (C=O) groups excluding carboxylic acids is 1. The molecule has 21 heavy (non-hydrogen) atoms. The van der Waals surface area contributed by atoms with Gasteiger partial charge in [0.15, 0.2) is 0 Å². The maximum Gasteiger partial charge on any atom is 0.331 e. The zero-order valence-corrected chi connectivity index (χ0v) is 13.3. The Bertz CT molecular complexity index is 562. The Morgan fingerprint density at radius 3 is 2.24 bits per heavy atom.